The minimum absolute atomic E-state index is 0.0131. The first kappa shape index (κ1) is 14.6. The van der Waals surface area contributed by atoms with Gasteiger partial charge in [-0.05, 0) is 34.1 Å². The minimum Gasteiger partial charge on any atom is -0.347 e. The van der Waals surface area contributed by atoms with E-state index in [4.69, 9.17) is 0 Å². The van der Waals surface area contributed by atoms with Crippen LogP contribution in [0.3, 0.4) is 0 Å². The van der Waals surface area contributed by atoms with E-state index in [1.165, 1.54) is 35.0 Å². The van der Waals surface area contributed by atoms with Crippen LogP contribution in [0.4, 0.5) is 4.39 Å². The average molecular weight is 317 g/mol. The van der Waals surface area contributed by atoms with E-state index < -0.39 is 5.82 Å². The van der Waals surface area contributed by atoms with Gasteiger partial charge in [0, 0.05) is 26.7 Å². The van der Waals surface area contributed by atoms with E-state index in [1.807, 2.05) is 0 Å². The van der Waals surface area contributed by atoms with Crippen molar-refractivity contribution in [1.29, 1.82) is 0 Å². The van der Waals surface area contributed by atoms with Crippen molar-refractivity contribution >= 4 is 27.7 Å². The van der Waals surface area contributed by atoms with Gasteiger partial charge < -0.3 is 9.80 Å². The largest absolute Gasteiger partial charge is 0.347 e. The summed E-state index contributed by atoms with van der Waals surface area (Å²) in [6, 6.07) is 3.99. The zero-order chi connectivity index (χ0) is 13.9. The highest BCUT2D eigenvalue weighted by Gasteiger charge is 2.16. The SMILES string of the molecule is CN(C)C(=O)CN(C)C(=O)c1ccc(F)c(Br)c1. The molecule has 0 bridgehead atoms. The molecular formula is C12H14BrFN2O2. The Morgan fingerprint density at radius 1 is 1.28 bits per heavy atom. The molecule has 18 heavy (non-hydrogen) atoms. The lowest BCUT2D eigenvalue weighted by atomic mass is 10.2. The van der Waals surface area contributed by atoms with Crippen molar-refractivity contribution in [3.05, 3.63) is 34.1 Å². The molecule has 0 aliphatic rings. The molecule has 0 atom stereocenters. The lowest BCUT2D eigenvalue weighted by Gasteiger charge is -2.19. The van der Waals surface area contributed by atoms with Crippen LogP contribution in [0.5, 0.6) is 0 Å². The van der Waals surface area contributed by atoms with Crippen LogP contribution in [-0.4, -0.2) is 49.3 Å². The van der Waals surface area contributed by atoms with E-state index in [9.17, 15) is 14.0 Å². The number of hydrogen-bond donors (Lipinski definition) is 0. The third kappa shape index (κ3) is 3.53. The van der Waals surface area contributed by atoms with Crippen LogP contribution in [0.25, 0.3) is 0 Å². The van der Waals surface area contributed by atoms with Crippen molar-refractivity contribution < 1.29 is 14.0 Å². The van der Waals surface area contributed by atoms with Gasteiger partial charge in [0.25, 0.3) is 5.91 Å². The second-order valence-electron chi connectivity index (χ2n) is 4.08. The van der Waals surface area contributed by atoms with E-state index in [-0.39, 0.29) is 22.8 Å². The number of benzene rings is 1. The van der Waals surface area contributed by atoms with Gasteiger partial charge in [-0.2, -0.15) is 0 Å². The summed E-state index contributed by atoms with van der Waals surface area (Å²) in [4.78, 5) is 26.2. The van der Waals surface area contributed by atoms with Gasteiger partial charge in [-0.25, -0.2) is 4.39 Å². The van der Waals surface area contributed by atoms with E-state index in [0.29, 0.717) is 5.56 Å². The summed E-state index contributed by atoms with van der Waals surface area (Å²) < 4.78 is 13.3. The number of carbonyl (C=O) groups is 2. The molecule has 0 aliphatic heterocycles. The molecule has 98 valence electrons. The molecule has 0 saturated carbocycles. The number of rotatable bonds is 3. The number of carbonyl (C=O) groups excluding carboxylic acids is 2. The molecule has 0 aromatic heterocycles. The lowest BCUT2D eigenvalue weighted by molar-refractivity contribution is -0.129. The minimum atomic E-state index is -0.432. The summed E-state index contributed by atoms with van der Waals surface area (Å²) in [7, 11) is 4.77. The first-order valence-corrected chi connectivity index (χ1v) is 6.03. The second kappa shape index (κ2) is 5.95. The predicted molar refractivity (Wildman–Crippen MR) is 69.8 cm³/mol. The van der Waals surface area contributed by atoms with Gasteiger partial charge in [0.1, 0.15) is 5.82 Å². The van der Waals surface area contributed by atoms with Crippen molar-refractivity contribution in [2.45, 2.75) is 0 Å². The third-order valence-electron chi connectivity index (χ3n) is 2.38. The van der Waals surface area contributed by atoms with E-state index in [0.717, 1.165) is 0 Å². The van der Waals surface area contributed by atoms with Crippen LogP contribution in [0.2, 0.25) is 0 Å². The number of likely N-dealkylation sites (N-methyl/N-ethyl adjacent to an activating group) is 2. The monoisotopic (exact) mass is 316 g/mol. The van der Waals surface area contributed by atoms with Gasteiger partial charge in [0.05, 0.1) is 11.0 Å². The Balaban J connectivity index is 2.80. The lowest BCUT2D eigenvalue weighted by Crippen LogP contribution is -2.37. The summed E-state index contributed by atoms with van der Waals surface area (Å²) in [6.07, 6.45) is 0. The van der Waals surface area contributed by atoms with Crippen LogP contribution >= 0.6 is 15.9 Å². The highest BCUT2D eigenvalue weighted by Crippen LogP contribution is 2.17. The molecule has 0 aliphatic carbocycles. The quantitative estimate of drug-likeness (QED) is 0.852. The molecule has 0 radical (unpaired) electrons. The summed E-state index contributed by atoms with van der Waals surface area (Å²) >= 11 is 3.02. The Kier molecular flexibility index (Phi) is 4.84. The Bertz CT molecular complexity index is 477. The Hall–Kier alpha value is -1.43. The predicted octanol–water partition coefficient (Wildman–Crippen LogP) is 1.75. The topological polar surface area (TPSA) is 40.6 Å². The van der Waals surface area contributed by atoms with E-state index in [2.05, 4.69) is 15.9 Å². The van der Waals surface area contributed by atoms with E-state index >= 15 is 0 Å². The molecule has 0 unspecified atom stereocenters. The zero-order valence-electron chi connectivity index (χ0n) is 10.4. The molecule has 0 saturated heterocycles. The fourth-order valence-corrected chi connectivity index (χ4v) is 1.64. The summed E-state index contributed by atoms with van der Waals surface area (Å²) in [5.74, 6) is -0.934. The van der Waals surface area contributed by atoms with E-state index in [1.54, 1.807) is 14.1 Å². The van der Waals surface area contributed by atoms with Crippen molar-refractivity contribution in [3.63, 3.8) is 0 Å². The average Bonchev–Trinajstić information content (AvgIpc) is 2.31. The fraction of sp³-hybridized carbons (Fsp3) is 0.333. The Morgan fingerprint density at radius 3 is 2.39 bits per heavy atom. The molecule has 4 nitrogen and oxygen atoms in total. The summed E-state index contributed by atoms with van der Waals surface area (Å²) in [5, 5.41) is 0. The van der Waals surface area contributed by atoms with Crippen molar-refractivity contribution in [2.75, 3.05) is 27.7 Å². The highest BCUT2D eigenvalue weighted by molar-refractivity contribution is 9.10. The van der Waals surface area contributed by atoms with Gasteiger partial charge in [-0.15, -0.1) is 0 Å². The standard InChI is InChI=1S/C12H14BrFN2O2/c1-15(2)11(17)7-16(3)12(18)8-4-5-10(14)9(13)6-8/h4-6H,7H2,1-3H3. The van der Waals surface area contributed by atoms with Crippen molar-refractivity contribution in [2.24, 2.45) is 0 Å². The smallest absolute Gasteiger partial charge is 0.254 e. The third-order valence-corrected chi connectivity index (χ3v) is 2.99. The maximum Gasteiger partial charge on any atom is 0.254 e. The van der Waals surface area contributed by atoms with Gasteiger partial charge in [-0.1, -0.05) is 0 Å². The molecule has 2 amide bonds. The van der Waals surface area contributed by atoms with Gasteiger partial charge >= 0.3 is 0 Å². The summed E-state index contributed by atoms with van der Waals surface area (Å²) in [6.45, 7) is -0.0131. The maximum absolute atomic E-state index is 13.0. The molecule has 6 heteroatoms. The summed E-state index contributed by atoms with van der Waals surface area (Å²) in [5.41, 5.74) is 0.331. The first-order valence-electron chi connectivity index (χ1n) is 5.23. The van der Waals surface area contributed by atoms with Gasteiger partial charge in [0.2, 0.25) is 5.91 Å². The number of nitrogens with zero attached hydrogens (tertiary/aromatic N) is 2. The van der Waals surface area contributed by atoms with Crippen LogP contribution in [0, 0.1) is 5.82 Å². The molecule has 0 spiro atoms. The molecule has 1 aromatic rings. The normalized spacial score (nSPS) is 10.1. The number of amides is 2. The van der Waals surface area contributed by atoms with Crippen LogP contribution in [-0.2, 0) is 4.79 Å². The molecular weight excluding hydrogens is 303 g/mol. The molecule has 1 rings (SSSR count). The molecule has 1 aromatic carbocycles. The molecule has 0 fully saturated rings. The number of halogens is 2. The van der Waals surface area contributed by atoms with Crippen LogP contribution in [0.1, 0.15) is 10.4 Å². The highest BCUT2D eigenvalue weighted by atomic mass is 79.9. The van der Waals surface area contributed by atoms with Crippen molar-refractivity contribution in [3.8, 4) is 0 Å². The maximum atomic E-state index is 13.0. The fourth-order valence-electron chi connectivity index (χ4n) is 1.27. The van der Waals surface area contributed by atoms with Gasteiger partial charge in [-0.3, -0.25) is 9.59 Å². The molecule has 0 heterocycles. The first-order chi connectivity index (χ1) is 8.32. The van der Waals surface area contributed by atoms with Crippen LogP contribution < -0.4 is 0 Å². The Morgan fingerprint density at radius 2 is 1.89 bits per heavy atom. The van der Waals surface area contributed by atoms with Crippen molar-refractivity contribution in [1.82, 2.24) is 9.80 Å². The second-order valence-corrected chi connectivity index (χ2v) is 4.93. The Labute approximate surface area is 113 Å². The van der Waals surface area contributed by atoms with Gasteiger partial charge in [0.15, 0.2) is 0 Å². The molecule has 0 N–H and O–H groups in total. The number of hydrogen-bond acceptors (Lipinski definition) is 2. The zero-order valence-corrected chi connectivity index (χ0v) is 12.0. The van der Waals surface area contributed by atoms with Crippen LogP contribution in [0.15, 0.2) is 22.7 Å².